The highest BCUT2D eigenvalue weighted by atomic mass is 32.2. The van der Waals surface area contributed by atoms with Crippen molar-refractivity contribution in [2.75, 3.05) is 13.1 Å². The molecule has 168 valence electrons. The molecule has 8 heteroatoms. The molecule has 1 aliphatic rings. The van der Waals surface area contributed by atoms with E-state index >= 15 is 0 Å². The normalized spacial score (nSPS) is 18.1. The number of benzene rings is 2. The summed E-state index contributed by atoms with van der Waals surface area (Å²) < 4.78 is 5.46. The maximum atomic E-state index is 13.2. The van der Waals surface area contributed by atoms with Crippen molar-refractivity contribution < 1.29 is 19.1 Å². The molecule has 3 rings (SSSR count). The van der Waals surface area contributed by atoms with E-state index < -0.39 is 29.3 Å². The van der Waals surface area contributed by atoms with Crippen molar-refractivity contribution in [1.82, 2.24) is 10.6 Å². The van der Waals surface area contributed by atoms with Gasteiger partial charge in [-0.15, -0.1) is 0 Å². The number of esters is 1. The lowest BCUT2D eigenvalue weighted by atomic mass is 10.1. The SMILES string of the molecule is CC(C)(C)OC(=O)C1CNC(=O)/C(Sc2ccccc2)=C(/Sc2ccccc2)C(=O)NC1. The first-order chi connectivity index (χ1) is 15.2. The second kappa shape index (κ2) is 10.7. The van der Waals surface area contributed by atoms with E-state index in [0.29, 0.717) is 0 Å². The van der Waals surface area contributed by atoms with Gasteiger partial charge in [0.1, 0.15) is 5.60 Å². The summed E-state index contributed by atoms with van der Waals surface area (Å²) in [6.45, 7) is 5.47. The zero-order valence-electron chi connectivity index (χ0n) is 18.2. The fourth-order valence-corrected chi connectivity index (χ4v) is 4.83. The molecule has 2 aromatic carbocycles. The third kappa shape index (κ3) is 6.90. The van der Waals surface area contributed by atoms with Crippen molar-refractivity contribution in [3.8, 4) is 0 Å². The van der Waals surface area contributed by atoms with Gasteiger partial charge in [-0.2, -0.15) is 0 Å². The van der Waals surface area contributed by atoms with Gasteiger partial charge in [-0.1, -0.05) is 59.9 Å². The van der Waals surface area contributed by atoms with Crippen molar-refractivity contribution in [2.24, 2.45) is 5.92 Å². The van der Waals surface area contributed by atoms with Crippen LogP contribution >= 0.6 is 23.5 Å². The van der Waals surface area contributed by atoms with Crippen molar-refractivity contribution in [3.05, 3.63) is 70.5 Å². The first-order valence-electron chi connectivity index (χ1n) is 10.2. The van der Waals surface area contributed by atoms with Crippen LogP contribution in [0, 0.1) is 5.92 Å². The Balaban J connectivity index is 1.93. The Morgan fingerprint density at radius 2 is 1.22 bits per heavy atom. The molecule has 0 saturated carbocycles. The van der Waals surface area contributed by atoms with Gasteiger partial charge in [-0.25, -0.2) is 0 Å². The Labute approximate surface area is 196 Å². The summed E-state index contributed by atoms with van der Waals surface area (Å²) in [7, 11) is 0. The van der Waals surface area contributed by atoms with E-state index in [9.17, 15) is 14.4 Å². The minimum Gasteiger partial charge on any atom is -0.460 e. The van der Waals surface area contributed by atoms with Crippen molar-refractivity contribution in [1.29, 1.82) is 0 Å². The number of thioether (sulfide) groups is 2. The largest absolute Gasteiger partial charge is 0.460 e. The van der Waals surface area contributed by atoms with E-state index in [0.717, 1.165) is 9.79 Å². The van der Waals surface area contributed by atoms with Crippen LogP contribution in [0.5, 0.6) is 0 Å². The van der Waals surface area contributed by atoms with E-state index in [1.165, 1.54) is 23.5 Å². The topological polar surface area (TPSA) is 84.5 Å². The van der Waals surface area contributed by atoms with Gasteiger partial charge in [0.25, 0.3) is 11.8 Å². The molecule has 0 fully saturated rings. The predicted molar refractivity (Wildman–Crippen MR) is 127 cm³/mol. The molecule has 1 heterocycles. The zero-order chi connectivity index (χ0) is 23.1. The van der Waals surface area contributed by atoms with Gasteiger partial charge in [0, 0.05) is 22.9 Å². The molecule has 1 aliphatic heterocycles. The molecule has 2 amide bonds. The van der Waals surface area contributed by atoms with Crippen molar-refractivity contribution in [2.45, 2.75) is 36.2 Å². The Morgan fingerprint density at radius 1 is 0.812 bits per heavy atom. The van der Waals surface area contributed by atoms with Crippen LogP contribution in [0.25, 0.3) is 0 Å². The van der Waals surface area contributed by atoms with E-state index in [1.54, 1.807) is 20.8 Å². The molecule has 0 saturated heterocycles. The van der Waals surface area contributed by atoms with E-state index in [1.807, 2.05) is 60.7 Å². The number of carbonyl (C=O) groups excluding carboxylic acids is 3. The van der Waals surface area contributed by atoms with Gasteiger partial charge in [-0.3, -0.25) is 14.4 Å². The van der Waals surface area contributed by atoms with E-state index in [4.69, 9.17) is 4.74 Å². The van der Waals surface area contributed by atoms with Crippen LogP contribution < -0.4 is 10.6 Å². The van der Waals surface area contributed by atoms with Gasteiger partial charge >= 0.3 is 5.97 Å². The second-order valence-electron chi connectivity index (χ2n) is 8.14. The number of rotatable bonds is 5. The minimum absolute atomic E-state index is 0.0656. The molecule has 0 aliphatic carbocycles. The highest BCUT2D eigenvalue weighted by Crippen LogP contribution is 2.37. The zero-order valence-corrected chi connectivity index (χ0v) is 19.8. The number of hydrogen-bond donors (Lipinski definition) is 2. The van der Waals surface area contributed by atoms with Crippen LogP contribution in [0.3, 0.4) is 0 Å². The maximum absolute atomic E-state index is 13.2. The molecular weight excluding hydrogens is 444 g/mol. The number of amides is 2. The number of ether oxygens (including phenoxy) is 1. The molecule has 0 atom stereocenters. The molecule has 6 nitrogen and oxygen atoms in total. The summed E-state index contributed by atoms with van der Waals surface area (Å²) in [4.78, 5) is 41.2. The van der Waals surface area contributed by atoms with Gasteiger partial charge in [0.15, 0.2) is 0 Å². The second-order valence-corrected chi connectivity index (χ2v) is 10.3. The monoisotopic (exact) mass is 470 g/mol. The summed E-state index contributed by atoms with van der Waals surface area (Å²) in [6.07, 6.45) is 0. The average Bonchev–Trinajstić information content (AvgIpc) is 2.80. The number of nitrogens with one attached hydrogen (secondary N) is 2. The molecule has 32 heavy (non-hydrogen) atoms. The smallest absolute Gasteiger partial charge is 0.313 e. The molecule has 0 bridgehead atoms. The van der Waals surface area contributed by atoms with Crippen LogP contribution in [0.4, 0.5) is 0 Å². The highest BCUT2D eigenvalue weighted by molar-refractivity contribution is 8.08. The summed E-state index contributed by atoms with van der Waals surface area (Å²) >= 11 is 2.45. The molecule has 0 aromatic heterocycles. The summed E-state index contributed by atoms with van der Waals surface area (Å²) in [5.41, 5.74) is -0.662. The van der Waals surface area contributed by atoms with Gasteiger partial charge < -0.3 is 15.4 Å². The first-order valence-corrected chi connectivity index (χ1v) is 11.9. The molecule has 2 N–H and O–H groups in total. The average molecular weight is 471 g/mol. The molecule has 0 spiro atoms. The fraction of sp³-hybridized carbons (Fsp3) is 0.292. The summed E-state index contributed by atoms with van der Waals surface area (Å²) in [6, 6.07) is 18.8. The number of carbonyl (C=O) groups is 3. The van der Waals surface area contributed by atoms with Crippen LogP contribution in [-0.2, 0) is 19.1 Å². The Kier molecular flexibility index (Phi) is 8.04. The molecule has 2 aromatic rings. The third-order valence-corrected chi connectivity index (χ3v) is 6.64. The molecular formula is C24H26N2O4S2. The molecule has 0 radical (unpaired) electrons. The van der Waals surface area contributed by atoms with E-state index in [-0.39, 0.29) is 22.9 Å². The van der Waals surface area contributed by atoms with Crippen LogP contribution in [0.1, 0.15) is 20.8 Å². The molecule has 0 unspecified atom stereocenters. The third-order valence-electron chi connectivity index (χ3n) is 4.30. The van der Waals surface area contributed by atoms with Crippen molar-refractivity contribution in [3.63, 3.8) is 0 Å². The van der Waals surface area contributed by atoms with Gasteiger partial charge in [0.05, 0.1) is 15.7 Å². The first kappa shape index (κ1) is 23.9. The van der Waals surface area contributed by atoms with E-state index in [2.05, 4.69) is 10.6 Å². The fourth-order valence-electron chi connectivity index (χ4n) is 2.82. The van der Waals surface area contributed by atoms with Gasteiger partial charge in [-0.05, 0) is 45.0 Å². The minimum atomic E-state index is -0.689. The Bertz CT molecular complexity index is 934. The lowest BCUT2D eigenvalue weighted by Gasteiger charge is -2.24. The van der Waals surface area contributed by atoms with Crippen LogP contribution in [0.15, 0.2) is 80.3 Å². The quantitative estimate of drug-likeness (QED) is 0.643. The van der Waals surface area contributed by atoms with Gasteiger partial charge in [0.2, 0.25) is 0 Å². The standard InChI is InChI=1S/C24H26N2O4S2/c1-24(2,3)30-23(29)16-14-25-21(27)19(31-17-10-6-4-7-11-17)20(22(28)26-15-16)32-18-12-8-5-9-13-18/h4-13,16H,14-15H2,1-3H3,(H,25,27)(H,26,28)/b20-19-. The van der Waals surface area contributed by atoms with Crippen molar-refractivity contribution >= 4 is 41.3 Å². The number of hydrogen-bond acceptors (Lipinski definition) is 6. The lowest BCUT2D eigenvalue weighted by Crippen LogP contribution is -2.41. The lowest BCUT2D eigenvalue weighted by molar-refractivity contribution is -0.159. The van der Waals surface area contributed by atoms with Crippen LogP contribution in [-0.4, -0.2) is 36.5 Å². The van der Waals surface area contributed by atoms with Crippen LogP contribution in [0.2, 0.25) is 0 Å². The summed E-state index contributed by atoms with van der Waals surface area (Å²) in [5, 5.41) is 5.65. The highest BCUT2D eigenvalue weighted by Gasteiger charge is 2.31. The Hall–Kier alpha value is -2.71. The summed E-state index contributed by atoms with van der Waals surface area (Å²) in [5.74, 6) is -1.95. The maximum Gasteiger partial charge on any atom is 0.313 e. The Morgan fingerprint density at radius 3 is 1.59 bits per heavy atom. The predicted octanol–water partition coefficient (Wildman–Crippen LogP) is 3.99.